The summed E-state index contributed by atoms with van der Waals surface area (Å²) < 4.78 is 12.0. The molecular weight excluding hydrogens is 408 g/mol. The van der Waals surface area contributed by atoms with Crippen LogP contribution in [0.15, 0.2) is 47.3 Å². The quantitative estimate of drug-likeness (QED) is 0.563. The Morgan fingerprint density at radius 3 is 2.41 bits per heavy atom. The summed E-state index contributed by atoms with van der Waals surface area (Å²) in [7, 11) is 3.10. The summed E-state index contributed by atoms with van der Waals surface area (Å²) in [5.74, 6) is 1.12. The van der Waals surface area contributed by atoms with E-state index in [2.05, 4.69) is 21.7 Å². The summed E-state index contributed by atoms with van der Waals surface area (Å²) in [4.78, 5) is 29.8. The molecule has 1 amide bonds. The zero-order chi connectivity index (χ0) is 23.3. The van der Waals surface area contributed by atoms with Crippen molar-refractivity contribution in [2.75, 3.05) is 19.5 Å². The van der Waals surface area contributed by atoms with Crippen LogP contribution in [0.4, 0.5) is 11.6 Å². The van der Waals surface area contributed by atoms with Gasteiger partial charge >= 0.3 is 0 Å². The van der Waals surface area contributed by atoms with Crippen LogP contribution in [0.2, 0.25) is 0 Å². The highest BCUT2D eigenvalue weighted by Gasteiger charge is 2.14. The van der Waals surface area contributed by atoms with Crippen LogP contribution in [0.5, 0.6) is 11.5 Å². The number of rotatable bonds is 8. The molecule has 0 bridgehead atoms. The minimum atomic E-state index is -0.328. The van der Waals surface area contributed by atoms with Crippen LogP contribution in [0.3, 0.4) is 0 Å². The van der Waals surface area contributed by atoms with E-state index in [0.717, 1.165) is 22.4 Å². The van der Waals surface area contributed by atoms with Gasteiger partial charge in [-0.2, -0.15) is 0 Å². The highest BCUT2D eigenvalue weighted by molar-refractivity contribution is 5.76. The van der Waals surface area contributed by atoms with E-state index in [1.165, 1.54) is 10.6 Å². The van der Waals surface area contributed by atoms with Crippen molar-refractivity contribution in [1.29, 1.82) is 0 Å². The number of methoxy groups -OCH3 is 2. The van der Waals surface area contributed by atoms with Crippen LogP contribution < -0.4 is 25.7 Å². The molecule has 168 valence electrons. The molecule has 0 aliphatic heterocycles. The second-order valence-corrected chi connectivity index (χ2v) is 7.58. The highest BCUT2D eigenvalue weighted by atomic mass is 16.5. The molecule has 0 aliphatic carbocycles. The van der Waals surface area contributed by atoms with Crippen molar-refractivity contribution in [3.63, 3.8) is 0 Å². The average molecular weight is 437 g/mol. The van der Waals surface area contributed by atoms with Gasteiger partial charge in [-0.15, -0.1) is 0 Å². The number of carbonyl (C=O) groups is 1. The molecule has 0 spiro atoms. The fraction of sp³-hybridized carbons (Fsp3) is 0.292. The van der Waals surface area contributed by atoms with Gasteiger partial charge < -0.3 is 20.1 Å². The maximum Gasteiger partial charge on any atom is 0.255 e. The van der Waals surface area contributed by atoms with E-state index in [-0.39, 0.29) is 24.6 Å². The fourth-order valence-electron chi connectivity index (χ4n) is 3.53. The summed E-state index contributed by atoms with van der Waals surface area (Å²) in [6, 6.07) is 12.8. The molecule has 0 radical (unpaired) electrons. The summed E-state index contributed by atoms with van der Waals surface area (Å²) >= 11 is 0. The second kappa shape index (κ2) is 10.00. The van der Waals surface area contributed by atoms with Crippen LogP contribution in [0, 0.1) is 20.8 Å². The number of para-hydroxylation sites is 1. The molecule has 3 aromatic rings. The van der Waals surface area contributed by atoms with E-state index in [4.69, 9.17) is 9.47 Å². The van der Waals surface area contributed by atoms with Gasteiger partial charge in [0.25, 0.3) is 5.56 Å². The Bertz CT molecular complexity index is 1170. The number of amides is 1. The average Bonchev–Trinajstić information content (AvgIpc) is 2.73. The molecule has 8 nitrogen and oxygen atoms in total. The summed E-state index contributed by atoms with van der Waals surface area (Å²) in [5, 5.41) is 6.02. The van der Waals surface area contributed by atoms with Crippen molar-refractivity contribution in [2.45, 2.75) is 33.9 Å². The first-order valence-corrected chi connectivity index (χ1v) is 10.2. The Kier molecular flexibility index (Phi) is 7.14. The number of nitrogens with zero attached hydrogens (tertiary/aromatic N) is 2. The number of hydrogen-bond acceptors (Lipinski definition) is 6. The van der Waals surface area contributed by atoms with Gasteiger partial charge in [0.15, 0.2) is 11.5 Å². The molecule has 0 saturated carbocycles. The number of hydrogen-bond donors (Lipinski definition) is 2. The molecule has 2 N–H and O–H groups in total. The number of anilines is 2. The zero-order valence-electron chi connectivity index (χ0n) is 19.0. The molecule has 0 atom stereocenters. The number of nitrogens with one attached hydrogen (secondary N) is 2. The van der Waals surface area contributed by atoms with Crippen LogP contribution in [0.25, 0.3) is 0 Å². The summed E-state index contributed by atoms with van der Waals surface area (Å²) in [6.07, 6.45) is 0. The van der Waals surface area contributed by atoms with Gasteiger partial charge in [-0.25, -0.2) is 4.98 Å². The number of benzene rings is 2. The van der Waals surface area contributed by atoms with E-state index in [1.807, 2.05) is 38.1 Å². The van der Waals surface area contributed by atoms with Gasteiger partial charge in [0.2, 0.25) is 11.9 Å². The molecule has 1 aromatic heterocycles. The van der Waals surface area contributed by atoms with Crippen molar-refractivity contribution in [1.82, 2.24) is 14.9 Å². The standard InChI is InChI=1S/C24H28N4O4/c1-15-9-16(2)11-19(10-15)27-24-26-17(3)12-22(30)28(24)14-21(29)25-13-18-7-6-8-20(31-4)23(18)32-5/h6-12H,13-14H2,1-5H3,(H,25,29)(H,26,27). The number of aryl methyl sites for hydroxylation is 3. The smallest absolute Gasteiger partial charge is 0.255 e. The first-order valence-electron chi connectivity index (χ1n) is 10.2. The predicted molar refractivity (Wildman–Crippen MR) is 124 cm³/mol. The third kappa shape index (κ3) is 5.46. The monoisotopic (exact) mass is 436 g/mol. The van der Waals surface area contributed by atoms with Gasteiger partial charge in [-0.05, 0) is 50.1 Å². The lowest BCUT2D eigenvalue weighted by Crippen LogP contribution is -2.33. The van der Waals surface area contributed by atoms with Crippen LogP contribution in [0.1, 0.15) is 22.4 Å². The lowest BCUT2D eigenvalue weighted by atomic mass is 10.1. The van der Waals surface area contributed by atoms with Gasteiger partial charge in [0, 0.05) is 29.6 Å². The van der Waals surface area contributed by atoms with E-state index >= 15 is 0 Å². The molecule has 1 heterocycles. The highest BCUT2D eigenvalue weighted by Crippen LogP contribution is 2.30. The van der Waals surface area contributed by atoms with E-state index < -0.39 is 0 Å². The van der Waals surface area contributed by atoms with E-state index in [1.54, 1.807) is 27.2 Å². The minimum Gasteiger partial charge on any atom is -0.493 e. The second-order valence-electron chi connectivity index (χ2n) is 7.58. The molecule has 0 unspecified atom stereocenters. The van der Waals surface area contributed by atoms with Crippen molar-refractivity contribution >= 4 is 17.5 Å². The van der Waals surface area contributed by atoms with Crippen molar-refractivity contribution in [2.24, 2.45) is 0 Å². The fourth-order valence-corrected chi connectivity index (χ4v) is 3.53. The molecule has 3 rings (SSSR count). The Labute approximate surface area is 187 Å². The van der Waals surface area contributed by atoms with Crippen molar-refractivity contribution in [3.8, 4) is 11.5 Å². The minimum absolute atomic E-state index is 0.175. The normalized spacial score (nSPS) is 10.5. The number of ether oxygens (including phenoxy) is 2. The largest absolute Gasteiger partial charge is 0.493 e. The summed E-state index contributed by atoms with van der Waals surface area (Å²) in [5.41, 5.74) is 4.00. The zero-order valence-corrected chi connectivity index (χ0v) is 19.0. The molecule has 0 saturated heterocycles. The van der Waals surface area contributed by atoms with Crippen LogP contribution in [-0.2, 0) is 17.9 Å². The molecule has 32 heavy (non-hydrogen) atoms. The third-order valence-electron chi connectivity index (χ3n) is 4.88. The Hall–Kier alpha value is -3.81. The van der Waals surface area contributed by atoms with Crippen LogP contribution in [-0.4, -0.2) is 29.7 Å². The third-order valence-corrected chi connectivity index (χ3v) is 4.88. The van der Waals surface area contributed by atoms with Crippen LogP contribution >= 0.6 is 0 Å². The Morgan fingerprint density at radius 2 is 1.75 bits per heavy atom. The molecular formula is C24H28N4O4. The van der Waals surface area contributed by atoms with Gasteiger partial charge in [0.05, 0.1) is 14.2 Å². The van der Waals surface area contributed by atoms with Gasteiger partial charge in [-0.3, -0.25) is 14.2 Å². The molecule has 8 heteroatoms. The molecule has 0 fully saturated rings. The maximum atomic E-state index is 12.7. The Balaban J connectivity index is 1.80. The number of carbonyl (C=O) groups excluding carboxylic acids is 1. The topological polar surface area (TPSA) is 94.5 Å². The summed E-state index contributed by atoms with van der Waals surface area (Å²) in [6.45, 7) is 5.79. The first kappa shape index (κ1) is 22.9. The van der Waals surface area contributed by atoms with E-state index in [0.29, 0.717) is 23.1 Å². The SMILES string of the molecule is COc1cccc(CNC(=O)Cn2c(Nc3cc(C)cc(C)c3)nc(C)cc2=O)c1OC. The Morgan fingerprint density at radius 1 is 1.03 bits per heavy atom. The lowest BCUT2D eigenvalue weighted by molar-refractivity contribution is -0.121. The predicted octanol–water partition coefficient (Wildman–Crippen LogP) is 3.25. The number of aromatic nitrogens is 2. The van der Waals surface area contributed by atoms with Crippen molar-refractivity contribution < 1.29 is 14.3 Å². The maximum absolute atomic E-state index is 12.7. The molecule has 2 aromatic carbocycles. The van der Waals surface area contributed by atoms with E-state index in [9.17, 15) is 9.59 Å². The first-order chi connectivity index (χ1) is 15.3. The van der Waals surface area contributed by atoms with Gasteiger partial charge in [-0.1, -0.05) is 18.2 Å². The molecule has 0 aliphatic rings. The lowest BCUT2D eigenvalue weighted by Gasteiger charge is -2.16. The van der Waals surface area contributed by atoms with Crippen molar-refractivity contribution in [3.05, 3.63) is 75.2 Å². The van der Waals surface area contributed by atoms with Gasteiger partial charge in [0.1, 0.15) is 6.54 Å².